The van der Waals surface area contributed by atoms with Crippen molar-refractivity contribution in [1.82, 2.24) is 10.6 Å². The van der Waals surface area contributed by atoms with E-state index in [2.05, 4.69) is 10.6 Å². The maximum absolute atomic E-state index is 11.3. The lowest BCUT2D eigenvalue weighted by atomic mass is 9.81. The zero-order valence-electron chi connectivity index (χ0n) is 6.60. The van der Waals surface area contributed by atoms with Crippen molar-refractivity contribution < 1.29 is 4.79 Å². The molecule has 2 N–H and O–H groups in total. The minimum absolute atomic E-state index is 0.258. The summed E-state index contributed by atoms with van der Waals surface area (Å²) >= 11 is 0. The standard InChI is InChI=1S/C8H14N2O/c11-8-7-5-9-3-1-6(7)2-4-10-8/h6-7,9H,1-5H2,(H,10,11)/t6-,7-/m0/s1. The van der Waals surface area contributed by atoms with Gasteiger partial charge in [-0.25, -0.2) is 0 Å². The number of hydrogen-bond acceptors (Lipinski definition) is 2. The van der Waals surface area contributed by atoms with Crippen molar-refractivity contribution in [1.29, 1.82) is 0 Å². The molecule has 0 unspecified atom stereocenters. The SMILES string of the molecule is O=C1NCC[C@@H]2CCNC[C@H]12. The number of hydrogen-bond donors (Lipinski definition) is 2. The second-order valence-electron chi connectivity index (χ2n) is 3.44. The molecule has 3 nitrogen and oxygen atoms in total. The number of fused-ring (bicyclic) bond motifs is 1. The lowest BCUT2D eigenvalue weighted by molar-refractivity contribution is -0.129. The van der Waals surface area contributed by atoms with E-state index in [1.165, 1.54) is 12.8 Å². The molecule has 0 aromatic heterocycles. The monoisotopic (exact) mass is 154 g/mol. The van der Waals surface area contributed by atoms with E-state index in [1.54, 1.807) is 0 Å². The van der Waals surface area contributed by atoms with Crippen LogP contribution >= 0.6 is 0 Å². The lowest BCUT2D eigenvalue weighted by Gasteiger charge is -2.34. The van der Waals surface area contributed by atoms with Gasteiger partial charge in [0.2, 0.25) is 5.91 Å². The van der Waals surface area contributed by atoms with Crippen LogP contribution in [0.15, 0.2) is 0 Å². The van der Waals surface area contributed by atoms with Gasteiger partial charge in [-0.3, -0.25) is 4.79 Å². The summed E-state index contributed by atoms with van der Waals surface area (Å²) < 4.78 is 0. The van der Waals surface area contributed by atoms with E-state index in [0.29, 0.717) is 5.92 Å². The predicted octanol–water partition coefficient (Wildman–Crippen LogP) is -0.268. The average molecular weight is 154 g/mol. The van der Waals surface area contributed by atoms with Crippen LogP contribution in [-0.2, 0) is 4.79 Å². The largest absolute Gasteiger partial charge is 0.356 e. The topological polar surface area (TPSA) is 41.1 Å². The van der Waals surface area contributed by atoms with Gasteiger partial charge in [-0.2, -0.15) is 0 Å². The highest BCUT2D eigenvalue weighted by Gasteiger charge is 2.33. The first-order valence-corrected chi connectivity index (χ1v) is 4.36. The summed E-state index contributed by atoms with van der Waals surface area (Å²) in [5.41, 5.74) is 0. The summed E-state index contributed by atoms with van der Waals surface area (Å²) in [5, 5.41) is 6.16. The Morgan fingerprint density at radius 3 is 2.91 bits per heavy atom. The van der Waals surface area contributed by atoms with Gasteiger partial charge in [0.15, 0.2) is 0 Å². The van der Waals surface area contributed by atoms with Crippen LogP contribution in [0.4, 0.5) is 0 Å². The molecule has 0 aromatic rings. The van der Waals surface area contributed by atoms with Crippen molar-refractivity contribution in [3.05, 3.63) is 0 Å². The fourth-order valence-electron chi connectivity index (χ4n) is 2.08. The van der Waals surface area contributed by atoms with Gasteiger partial charge < -0.3 is 10.6 Å². The first-order valence-electron chi connectivity index (χ1n) is 4.36. The highest BCUT2D eigenvalue weighted by molar-refractivity contribution is 5.80. The zero-order valence-corrected chi connectivity index (χ0v) is 6.60. The van der Waals surface area contributed by atoms with E-state index in [-0.39, 0.29) is 11.8 Å². The van der Waals surface area contributed by atoms with Gasteiger partial charge in [-0.1, -0.05) is 0 Å². The molecule has 0 aliphatic carbocycles. The molecule has 2 aliphatic rings. The Morgan fingerprint density at radius 2 is 2.09 bits per heavy atom. The van der Waals surface area contributed by atoms with E-state index >= 15 is 0 Å². The molecule has 0 radical (unpaired) electrons. The molecule has 2 atom stereocenters. The lowest BCUT2D eigenvalue weighted by Crippen LogP contribution is -2.50. The molecular formula is C8H14N2O. The molecule has 0 saturated carbocycles. The minimum atomic E-state index is 0.258. The van der Waals surface area contributed by atoms with Crippen LogP contribution in [0.1, 0.15) is 12.8 Å². The molecule has 2 heterocycles. The molecule has 0 aromatic carbocycles. The molecule has 0 spiro atoms. The fraction of sp³-hybridized carbons (Fsp3) is 0.875. The number of carbonyl (C=O) groups is 1. The highest BCUT2D eigenvalue weighted by Crippen LogP contribution is 2.24. The number of rotatable bonds is 0. The summed E-state index contributed by atoms with van der Waals surface area (Å²) in [6.07, 6.45) is 2.36. The van der Waals surface area contributed by atoms with Crippen LogP contribution < -0.4 is 10.6 Å². The zero-order chi connectivity index (χ0) is 7.68. The summed E-state index contributed by atoms with van der Waals surface area (Å²) in [4.78, 5) is 11.3. The third-order valence-corrected chi connectivity index (χ3v) is 2.78. The van der Waals surface area contributed by atoms with Crippen molar-refractivity contribution in [2.45, 2.75) is 12.8 Å². The molecular weight excluding hydrogens is 140 g/mol. The first kappa shape index (κ1) is 7.10. The van der Waals surface area contributed by atoms with Gasteiger partial charge >= 0.3 is 0 Å². The molecule has 2 aliphatic heterocycles. The van der Waals surface area contributed by atoms with Crippen molar-refractivity contribution in [3.63, 3.8) is 0 Å². The van der Waals surface area contributed by atoms with Gasteiger partial charge in [0, 0.05) is 13.1 Å². The number of nitrogens with one attached hydrogen (secondary N) is 2. The van der Waals surface area contributed by atoms with E-state index in [9.17, 15) is 4.79 Å². The predicted molar refractivity (Wildman–Crippen MR) is 42.1 cm³/mol. The number of piperidine rings is 2. The number of amides is 1. The fourth-order valence-corrected chi connectivity index (χ4v) is 2.08. The van der Waals surface area contributed by atoms with E-state index in [0.717, 1.165) is 19.6 Å². The maximum atomic E-state index is 11.3. The Hall–Kier alpha value is -0.570. The Bertz CT molecular complexity index is 167. The third kappa shape index (κ3) is 1.25. The normalized spacial score (nSPS) is 37.6. The molecule has 0 bridgehead atoms. The van der Waals surface area contributed by atoms with Crippen LogP contribution in [0, 0.1) is 11.8 Å². The summed E-state index contributed by atoms with van der Waals surface area (Å²) in [6, 6.07) is 0. The van der Waals surface area contributed by atoms with Crippen molar-refractivity contribution >= 4 is 5.91 Å². The first-order chi connectivity index (χ1) is 5.38. The van der Waals surface area contributed by atoms with Crippen LogP contribution in [0.5, 0.6) is 0 Å². The maximum Gasteiger partial charge on any atom is 0.224 e. The van der Waals surface area contributed by atoms with Crippen molar-refractivity contribution in [2.24, 2.45) is 11.8 Å². The molecule has 2 fully saturated rings. The molecule has 2 rings (SSSR count). The molecule has 2 saturated heterocycles. The number of carbonyl (C=O) groups excluding carboxylic acids is 1. The van der Waals surface area contributed by atoms with E-state index in [1.807, 2.05) is 0 Å². The summed E-state index contributed by atoms with van der Waals surface area (Å²) in [7, 11) is 0. The minimum Gasteiger partial charge on any atom is -0.356 e. The average Bonchev–Trinajstić information content (AvgIpc) is 2.06. The second kappa shape index (κ2) is 2.81. The van der Waals surface area contributed by atoms with Gasteiger partial charge in [-0.05, 0) is 25.3 Å². The highest BCUT2D eigenvalue weighted by atomic mass is 16.2. The molecule has 1 amide bonds. The van der Waals surface area contributed by atoms with E-state index in [4.69, 9.17) is 0 Å². The Labute approximate surface area is 66.5 Å². The summed E-state index contributed by atoms with van der Waals surface area (Å²) in [6.45, 7) is 2.87. The van der Waals surface area contributed by atoms with Crippen LogP contribution in [-0.4, -0.2) is 25.5 Å². The van der Waals surface area contributed by atoms with E-state index < -0.39 is 0 Å². The van der Waals surface area contributed by atoms with Crippen LogP contribution in [0.2, 0.25) is 0 Å². The quantitative estimate of drug-likeness (QED) is 0.504. The van der Waals surface area contributed by atoms with Gasteiger partial charge in [0.05, 0.1) is 5.92 Å². The Morgan fingerprint density at radius 1 is 1.27 bits per heavy atom. The molecule has 62 valence electrons. The smallest absolute Gasteiger partial charge is 0.224 e. The Balaban J connectivity index is 2.05. The van der Waals surface area contributed by atoms with Crippen molar-refractivity contribution in [2.75, 3.05) is 19.6 Å². The van der Waals surface area contributed by atoms with Crippen LogP contribution in [0.25, 0.3) is 0 Å². The van der Waals surface area contributed by atoms with Gasteiger partial charge in [0.1, 0.15) is 0 Å². The third-order valence-electron chi connectivity index (χ3n) is 2.78. The van der Waals surface area contributed by atoms with Gasteiger partial charge in [-0.15, -0.1) is 0 Å². The molecule has 3 heteroatoms. The Kier molecular flexibility index (Phi) is 1.82. The van der Waals surface area contributed by atoms with Crippen molar-refractivity contribution in [3.8, 4) is 0 Å². The van der Waals surface area contributed by atoms with Gasteiger partial charge in [0.25, 0.3) is 0 Å². The molecule has 11 heavy (non-hydrogen) atoms. The van der Waals surface area contributed by atoms with Crippen LogP contribution in [0.3, 0.4) is 0 Å². The summed E-state index contributed by atoms with van der Waals surface area (Å²) in [5.74, 6) is 1.18. The second-order valence-corrected chi connectivity index (χ2v) is 3.44.